The molecule has 0 N–H and O–H groups in total. The summed E-state index contributed by atoms with van der Waals surface area (Å²) in [5.41, 5.74) is 2.06. The SMILES string of the molecule is O=C(Cl)c1cn2c(-n3cnc(C4CC4)c3)cccc2n1. The average molecular weight is 287 g/mol. The predicted octanol–water partition coefficient (Wildman–Crippen LogP) is 2.78. The Morgan fingerprint density at radius 2 is 2.15 bits per heavy atom. The number of carbonyl (C=O) groups is 1. The van der Waals surface area contributed by atoms with Crippen molar-refractivity contribution in [2.24, 2.45) is 0 Å². The molecule has 4 rings (SSSR count). The minimum absolute atomic E-state index is 0.252. The molecule has 1 saturated carbocycles. The van der Waals surface area contributed by atoms with E-state index in [-0.39, 0.29) is 5.69 Å². The Bertz CT molecular complexity index is 816. The Balaban J connectivity index is 1.86. The zero-order valence-electron chi connectivity index (χ0n) is 10.5. The van der Waals surface area contributed by atoms with Crippen molar-refractivity contribution in [1.29, 1.82) is 0 Å². The summed E-state index contributed by atoms with van der Waals surface area (Å²) in [4.78, 5) is 19.9. The molecule has 20 heavy (non-hydrogen) atoms. The highest BCUT2D eigenvalue weighted by atomic mass is 35.5. The summed E-state index contributed by atoms with van der Waals surface area (Å²) in [6, 6.07) is 5.69. The lowest BCUT2D eigenvalue weighted by molar-refractivity contribution is 0.107. The fourth-order valence-electron chi connectivity index (χ4n) is 2.35. The minimum atomic E-state index is -0.552. The maximum atomic E-state index is 11.2. The molecule has 1 aliphatic carbocycles. The highest BCUT2D eigenvalue weighted by molar-refractivity contribution is 6.67. The van der Waals surface area contributed by atoms with Gasteiger partial charge < -0.3 is 0 Å². The third-order valence-electron chi connectivity index (χ3n) is 3.53. The summed E-state index contributed by atoms with van der Waals surface area (Å²) in [6.45, 7) is 0. The Labute approximate surface area is 119 Å². The smallest absolute Gasteiger partial charge is 0.272 e. The molecule has 0 spiro atoms. The number of fused-ring (bicyclic) bond motifs is 1. The summed E-state index contributed by atoms with van der Waals surface area (Å²) < 4.78 is 3.79. The van der Waals surface area contributed by atoms with Gasteiger partial charge in [-0.2, -0.15) is 0 Å². The lowest BCUT2D eigenvalue weighted by Gasteiger charge is -2.04. The van der Waals surface area contributed by atoms with Crippen molar-refractivity contribution in [2.75, 3.05) is 0 Å². The molecule has 6 heteroatoms. The predicted molar refractivity (Wildman–Crippen MR) is 74.5 cm³/mol. The highest BCUT2D eigenvalue weighted by Crippen LogP contribution is 2.39. The summed E-state index contributed by atoms with van der Waals surface area (Å²) in [6.07, 6.45) is 7.92. The van der Waals surface area contributed by atoms with Crippen molar-refractivity contribution >= 4 is 22.5 Å². The maximum Gasteiger partial charge on any atom is 0.272 e. The molecule has 1 aliphatic rings. The number of nitrogens with zero attached hydrogens (tertiary/aromatic N) is 4. The first-order valence-corrected chi connectivity index (χ1v) is 6.82. The van der Waals surface area contributed by atoms with Crippen LogP contribution in [0.5, 0.6) is 0 Å². The molecule has 0 radical (unpaired) electrons. The normalized spacial score (nSPS) is 14.8. The monoisotopic (exact) mass is 286 g/mol. The van der Waals surface area contributed by atoms with E-state index < -0.39 is 5.24 Å². The van der Waals surface area contributed by atoms with Gasteiger partial charge in [0.1, 0.15) is 23.5 Å². The molecule has 0 atom stereocenters. The van der Waals surface area contributed by atoms with Gasteiger partial charge in [-0.05, 0) is 36.6 Å². The molecular formula is C14H11ClN4O. The van der Waals surface area contributed by atoms with Crippen LogP contribution in [-0.2, 0) is 0 Å². The van der Waals surface area contributed by atoms with Gasteiger partial charge in [-0.15, -0.1) is 0 Å². The van der Waals surface area contributed by atoms with Gasteiger partial charge in [-0.25, -0.2) is 9.97 Å². The van der Waals surface area contributed by atoms with Crippen molar-refractivity contribution in [1.82, 2.24) is 18.9 Å². The van der Waals surface area contributed by atoms with Crippen LogP contribution < -0.4 is 0 Å². The van der Waals surface area contributed by atoms with Crippen LogP contribution in [0.2, 0.25) is 0 Å². The van der Waals surface area contributed by atoms with Crippen molar-refractivity contribution < 1.29 is 4.79 Å². The Kier molecular flexibility index (Phi) is 2.44. The molecule has 0 saturated heterocycles. The largest absolute Gasteiger partial charge is 0.291 e. The number of hydrogen-bond acceptors (Lipinski definition) is 3. The highest BCUT2D eigenvalue weighted by Gasteiger charge is 2.26. The molecule has 0 aliphatic heterocycles. The van der Waals surface area contributed by atoms with Gasteiger partial charge >= 0.3 is 0 Å². The van der Waals surface area contributed by atoms with E-state index in [1.54, 1.807) is 12.5 Å². The van der Waals surface area contributed by atoms with E-state index in [4.69, 9.17) is 11.6 Å². The first-order valence-electron chi connectivity index (χ1n) is 6.44. The average Bonchev–Trinajstić information content (AvgIpc) is 3.02. The van der Waals surface area contributed by atoms with Crippen LogP contribution in [0.4, 0.5) is 0 Å². The zero-order chi connectivity index (χ0) is 13.7. The summed E-state index contributed by atoms with van der Waals surface area (Å²) in [7, 11) is 0. The Hall–Kier alpha value is -2.14. The van der Waals surface area contributed by atoms with Crippen molar-refractivity contribution in [3.8, 4) is 5.82 Å². The minimum Gasteiger partial charge on any atom is -0.291 e. The molecule has 5 nitrogen and oxygen atoms in total. The van der Waals surface area contributed by atoms with E-state index in [0.717, 1.165) is 11.5 Å². The van der Waals surface area contributed by atoms with Gasteiger partial charge in [0, 0.05) is 18.3 Å². The number of aromatic nitrogens is 4. The van der Waals surface area contributed by atoms with E-state index in [2.05, 4.69) is 9.97 Å². The topological polar surface area (TPSA) is 52.2 Å². The van der Waals surface area contributed by atoms with E-state index in [0.29, 0.717) is 11.6 Å². The molecule has 1 fully saturated rings. The number of pyridine rings is 1. The van der Waals surface area contributed by atoms with Gasteiger partial charge in [0.05, 0.1) is 5.69 Å². The molecule has 0 amide bonds. The second kappa shape index (κ2) is 4.18. The molecule has 100 valence electrons. The fourth-order valence-corrected chi connectivity index (χ4v) is 2.45. The van der Waals surface area contributed by atoms with Gasteiger partial charge in [0.15, 0.2) is 0 Å². The summed E-state index contributed by atoms with van der Waals surface area (Å²) >= 11 is 5.49. The molecule has 3 heterocycles. The van der Waals surface area contributed by atoms with Gasteiger partial charge in [0.25, 0.3) is 5.24 Å². The van der Waals surface area contributed by atoms with Crippen LogP contribution >= 0.6 is 11.6 Å². The third-order valence-corrected chi connectivity index (χ3v) is 3.73. The van der Waals surface area contributed by atoms with E-state index in [1.165, 1.54) is 12.8 Å². The van der Waals surface area contributed by atoms with E-state index >= 15 is 0 Å². The summed E-state index contributed by atoms with van der Waals surface area (Å²) in [5, 5.41) is -0.552. The van der Waals surface area contributed by atoms with Crippen LogP contribution in [0.25, 0.3) is 11.5 Å². The fraction of sp³-hybridized carbons (Fsp3) is 0.214. The van der Waals surface area contributed by atoms with Crippen LogP contribution in [0, 0.1) is 0 Å². The van der Waals surface area contributed by atoms with E-state index in [9.17, 15) is 4.79 Å². The standard InChI is InChI=1S/C14H11ClN4O/c15-14(20)11-7-19-12(17-11)2-1-3-13(19)18-6-10(16-8-18)9-4-5-9/h1-3,6-9H,4-5H2. The Morgan fingerprint density at radius 1 is 1.30 bits per heavy atom. The van der Waals surface area contributed by atoms with Gasteiger partial charge in [-0.3, -0.25) is 13.8 Å². The number of carbonyl (C=O) groups excluding carboxylic acids is 1. The van der Waals surface area contributed by atoms with Crippen LogP contribution in [0.1, 0.15) is 34.9 Å². The first-order chi connectivity index (χ1) is 9.72. The summed E-state index contributed by atoms with van der Waals surface area (Å²) in [5.74, 6) is 1.50. The second-order valence-electron chi connectivity index (χ2n) is 4.99. The molecule has 3 aromatic rings. The number of halogens is 1. The maximum absolute atomic E-state index is 11.2. The Morgan fingerprint density at radius 3 is 2.90 bits per heavy atom. The lowest BCUT2D eigenvalue weighted by Crippen LogP contribution is -1.98. The van der Waals surface area contributed by atoms with Crippen molar-refractivity contribution in [3.63, 3.8) is 0 Å². The van der Waals surface area contributed by atoms with Crippen LogP contribution in [0.15, 0.2) is 36.9 Å². The third kappa shape index (κ3) is 1.82. The molecular weight excluding hydrogens is 276 g/mol. The molecule has 3 aromatic heterocycles. The number of hydrogen-bond donors (Lipinski definition) is 0. The van der Waals surface area contributed by atoms with Crippen molar-refractivity contribution in [2.45, 2.75) is 18.8 Å². The second-order valence-corrected chi connectivity index (χ2v) is 5.34. The molecule has 0 aromatic carbocycles. The van der Waals surface area contributed by atoms with Gasteiger partial charge in [0.2, 0.25) is 0 Å². The first kappa shape index (κ1) is 11.7. The lowest BCUT2D eigenvalue weighted by atomic mass is 10.3. The zero-order valence-corrected chi connectivity index (χ0v) is 11.3. The number of rotatable bonds is 3. The quantitative estimate of drug-likeness (QED) is 0.696. The van der Waals surface area contributed by atoms with Gasteiger partial charge in [-0.1, -0.05) is 6.07 Å². The van der Waals surface area contributed by atoms with Crippen LogP contribution in [-0.4, -0.2) is 24.2 Å². The molecule has 0 unspecified atom stereocenters. The van der Waals surface area contributed by atoms with Crippen LogP contribution in [0.3, 0.4) is 0 Å². The molecule has 0 bridgehead atoms. The number of imidazole rings is 2. The van der Waals surface area contributed by atoms with Crippen molar-refractivity contribution in [3.05, 3.63) is 48.3 Å². The van der Waals surface area contributed by atoms with E-state index in [1.807, 2.05) is 33.4 Å².